The molecule has 1 aliphatic rings. The second-order valence-electron chi connectivity index (χ2n) is 6.96. The van der Waals surface area contributed by atoms with Gasteiger partial charge in [0.05, 0.1) is 16.4 Å². The van der Waals surface area contributed by atoms with Gasteiger partial charge >= 0.3 is 0 Å². The smallest absolute Gasteiger partial charge is 0.293 e. The van der Waals surface area contributed by atoms with Gasteiger partial charge in [0.25, 0.3) is 11.1 Å². The van der Waals surface area contributed by atoms with Gasteiger partial charge in [-0.1, -0.05) is 35.0 Å². The molecule has 3 rings (SSSR count). The Kier molecular flexibility index (Phi) is 8.12. The zero-order valence-corrected chi connectivity index (χ0v) is 19.2. The summed E-state index contributed by atoms with van der Waals surface area (Å²) in [5.74, 6) is 0.0947. The van der Waals surface area contributed by atoms with Gasteiger partial charge in [0, 0.05) is 19.2 Å². The van der Waals surface area contributed by atoms with E-state index in [2.05, 4.69) is 15.8 Å². The van der Waals surface area contributed by atoms with E-state index < -0.39 is 0 Å². The zero-order chi connectivity index (χ0) is 23.1. The third-order valence-corrected chi connectivity index (χ3v) is 6.11. The lowest BCUT2D eigenvalue weighted by atomic mass is 10.1. The monoisotopic (exact) mass is 474 g/mol. The van der Waals surface area contributed by atoms with E-state index in [0.717, 1.165) is 39.6 Å². The highest BCUT2D eigenvalue weighted by Gasteiger charge is 2.34. The number of anilines is 1. The van der Waals surface area contributed by atoms with Crippen LogP contribution in [-0.4, -0.2) is 57.6 Å². The maximum Gasteiger partial charge on any atom is 0.293 e. The molecule has 0 saturated carbocycles. The van der Waals surface area contributed by atoms with Crippen LogP contribution in [0.5, 0.6) is 0 Å². The van der Waals surface area contributed by atoms with Crippen molar-refractivity contribution in [2.45, 2.75) is 13.8 Å². The largest absolute Gasteiger partial charge is 0.360 e. The van der Waals surface area contributed by atoms with Gasteiger partial charge in [-0.15, -0.1) is 11.8 Å². The number of hydrogen-bond acceptors (Lipinski definition) is 8. The van der Waals surface area contributed by atoms with Gasteiger partial charge in [-0.3, -0.25) is 24.1 Å². The molecule has 1 aromatic heterocycles. The normalized spacial score (nSPS) is 14.8. The maximum atomic E-state index is 12.5. The van der Waals surface area contributed by atoms with E-state index in [9.17, 15) is 19.2 Å². The SMILES string of the molecule is Cc1ccc(/C=C2\SC(=O)N(CCNC(=O)CSCC(=O)Nc3cc(C)on3)C2=O)cc1. The van der Waals surface area contributed by atoms with Crippen molar-refractivity contribution in [1.29, 1.82) is 0 Å². The molecule has 1 saturated heterocycles. The number of nitrogens with zero attached hydrogens (tertiary/aromatic N) is 2. The highest BCUT2D eigenvalue weighted by molar-refractivity contribution is 8.18. The Morgan fingerprint density at radius 2 is 1.88 bits per heavy atom. The fourth-order valence-corrected chi connectivity index (χ4v) is 4.22. The Balaban J connectivity index is 1.37. The van der Waals surface area contributed by atoms with Crippen LogP contribution in [0.1, 0.15) is 16.9 Å². The standard InChI is InChI=1S/C21H22N4O5S2/c1-13-3-5-15(6-4-13)10-16-20(28)25(21(29)32-16)8-7-22-18(26)11-31-12-19(27)23-17-9-14(2)30-24-17/h3-6,9-10H,7-8,11-12H2,1-2H3,(H,22,26)(H,23,24,27)/b16-10-. The van der Waals surface area contributed by atoms with Crippen molar-refractivity contribution in [3.8, 4) is 0 Å². The highest BCUT2D eigenvalue weighted by atomic mass is 32.2. The second kappa shape index (κ2) is 11.0. The molecule has 0 atom stereocenters. The number of nitrogens with one attached hydrogen (secondary N) is 2. The van der Waals surface area contributed by atoms with E-state index in [4.69, 9.17) is 4.52 Å². The summed E-state index contributed by atoms with van der Waals surface area (Å²) in [6.45, 7) is 3.90. The minimum absolute atomic E-state index is 0.0699. The molecule has 0 bridgehead atoms. The molecule has 0 spiro atoms. The van der Waals surface area contributed by atoms with Gasteiger partial charge < -0.3 is 15.2 Å². The summed E-state index contributed by atoms with van der Waals surface area (Å²) in [6.07, 6.45) is 1.69. The molecule has 0 aliphatic carbocycles. The molecular weight excluding hydrogens is 452 g/mol. The molecule has 0 unspecified atom stereocenters. The number of thioether (sulfide) groups is 2. The fraction of sp³-hybridized carbons (Fsp3) is 0.286. The number of imide groups is 1. The number of aromatic nitrogens is 1. The molecule has 0 radical (unpaired) electrons. The first kappa shape index (κ1) is 23.6. The summed E-state index contributed by atoms with van der Waals surface area (Å²) in [5.41, 5.74) is 1.95. The van der Waals surface area contributed by atoms with Crippen molar-refractivity contribution in [2.24, 2.45) is 0 Å². The molecular formula is C21H22N4O5S2. The van der Waals surface area contributed by atoms with E-state index in [1.807, 2.05) is 31.2 Å². The third-order valence-electron chi connectivity index (χ3n) is 4.27. The summed E-state index contributed by atoms with van der Waals surface area (Å²) in [6, 6.07) is 9.23. The van der Waals surface area contributed by atoms with Gasteiger partial charge in [0.1, 0.15) is 5.76 Å². The third kappa shape index (κ3) is 6.72. The van der Waals surface area contributed by atoms with Crippen LogP contribution in [0.4, 0.5) is 10.6 Å². The summed E-state index contributed by atoms with van der Waals surface area (Å²) in [7, 11) is 0. The number of rotatable bonds is 9. The van der Waals surface area contributed by atoms with Crippen molar-refractivity contribution in [2.75, 3.05) is 29.9 Å². The number of hydrogen-bond donors (Lipinski definition) is 2. The van der Waals surface area contributed by atoms with Gasteiger partial charge in [-0.05, 0) is 37.2 Å². The van der Waals surface area contributed by atoms with Gasteiger partial charge in [-0.2, -0.15) is 0 Å². The van der Waals surface area contributed by atoms with Crippen LogP contribution in [0.25, 0.3) is 6.08 Å². The van der Waals surface area contributed by atoms with E-state index in [0.29, 0.717) is 16.5 Å². The number of carbonyl (C=O) groups excluding carboxylic acids is 4. The molecule has 1 aliphatic heterocycles. The first-order chi connectivity index (χ1) is 15.3. The average Bonchev–Trinajstić information content (AvgIpc) is 3.26. The lowest BCUT2D eigenvalue weighted by Crippen LogP contribution is -2.37. The minimum Gasteiger partial charge on any atom is -0.360 e. The highest BCUT2D eigenvalue weighted by Crippen LogP contribution is 2.31. The lowest BCUT2D eigenvalue weighted by Gasteiger charge is -2.12. The van der Waals surface area contributed by atoms with E-state index in [1.165, 1.54) is 0 Å². The van der Waals surface area contributed by atoms with Crippen molar-refractivity contribution >= 4 is 58.4 Å². The minimum atomic E-state index is -0.371. The van der Waals surface area contributed by atoms with Crippen LogP contribution in [0.15, 0.2) is 39.8 Å². The Morgan fingerprint density at radius 3 is 2.56 bits per heavy atom. The van der Waals surface area contributed by atoms with Crippen LogP contribution in [0.2, 0.25) is 0 Å². The molecule has 32 heavy (non-hydrogen) atoms. The number of carbonyl (C=O) groups is 4. The summed E-state index contributed by atoms with van der Waals surface area (Å²) in [4.78, 5) is 49.9. The zero-order valence-electron chi connectivity index (χ0n) is 17.5. The Hall–Kier alpha value is -3.05. The Bertz CT molecular complexity index is 1050. The molecule has 2 aromatic rings. The van der Waals surface area contributed by atoms with Crippen LogP contribution in [0, 0.1) is 13.8 Å². The van der Waals surface area contributed by atoms with E-state index in [-0.39, 0.29) is 47.6 Å². The van der Waals surface area contributed by atoms with Crippen molar-refractivity contribution in [3.63, 3.8) is 0 Å². The number of benzene rings is 1. The first-order valence-electron chi connectivity index (χ1n) is 9.71. The van der Waals surface area contributed by atoms with Crippen LogP contribution in [0.3, 0.4) is 0 Å². The Morgan fingerprint density at radius 1 is 1.16 bits per heavy atom. The van der Waals surface area contributed by atoms with Gasteiger partial charge in [-0.25, -0.2) is 0 Å². The second-order valence-corrected chi connectivity index (χ2v) is 8.94. The molecule has 4 amide bonds. The summed E-state index contributed by atoms with van der Waals surface area (Å²) in [5, 5.41) is 8.52. The molecule has 9 nitrogen and oxygen atoms in total. The first-order valence-corrected chi connectivity index (χ1v) is 11.7. The van der Waals surface area contributed by atoms with Crippen molar-refractivity contribution < 1.29 is 23.7 Å². The molecule has 2 heterocycles. The number of amides is 4. The molecule has 1 fully saturated rings. The maximum absolute atomic E-state index is 12.5. The molecule has 11 heteroatoms. The molecule has 2 N–H and O–H groups in total. The van der Waals surface area contributed by atoms with Crippen LogP contribution in [-0.2, 0) is 14.4 Å². The topological polar surface area (TPSA) is 122 Å². The van der Waals surface area contributed by atoms with Gasteiger partial charge in [0.15, 0.2) is 5.82 Å². The Labute approximate surface area is 193 Å². The lowest BCUT2D eigenvalue weighted by molar-refractivity contribution is -0.123. The predicted octanol–water partition coefficient (Wildman–Crippen LogP) is 2.82. The molecule has 1 aromatic carbocycles. The van der Waals surface area contributed by atoms with E-state index in [1.54, 1.807) is 19.1 Å². The quantitative estimate of drug-likeness (QED) is 0.532. The molecule has 168 valence electrons. The van der Waals surface area contributed by atoms with E-state index >= 15 is 0 Å². The van der Waals surface area contributed by atoms with Gasteiger partial charge in [0.2, 0.25) is 11.8 Å². The van der Waals surface area contributed by atoms with Crippen LogP contribution >= 0.6 is 23.5 Å². The summed E-state index contributed by atoms with van der Waals surface area (Å²) < 4.78 is 4.86. The predicted molar refractivity (Wildman–Crippen MR) is 124 cm³/mol. The van der Waals surface area contributed by atoms with Crippen LogP contribution < -0.4 is 10.6 Å². The fourth-order valence-electron chi connectivity index (χ4n) is 2.71. The summed E-state index contributed by atoms with van der Waals surface area (Å²) >= 11 is 2.02. The number of aryl methyl sites for hydroxylation is 2. The van der Waals surface area contributed by atoms with Crippen molar-refractivity contribution in [1.82, 2.24) is 15.4 Å². The average molecular weight is 475 g/mol. The van der Waals surface area contributed by atoms with Crippen molar-refractivity contribution in [3.05, 3.63) is 52.1 Å².